The lowest BCUT2D eigenvalue weighted by atomic mass is 9.70. The first-order chi connectivity index (χ1) is 26.5. The monoisotopic (exact) mass is 689 g/mol. The molecule has 8 aromatic rings. The molecule has 3 aliphatic carbocycles. The van der Waals surface area contributed by atoms with Gasteiger partial charge in [0.25, 0.3) is 0 Å². The van der Waals surface area contributed by atoms with Crippen LogP contribution in [0.25, 0.3) is 44.5 Å². The van der Waals surface area contributed by atoms with E-state index in [1.54, 1.807) is 0 Å². The summed E-state index contributed by atoms with van der Waals surface area (Å²) in [5.41, 5.74) is 22.8. The van der Waals surface area contributed by atoms with Gasteiger partial charge in [0.05, 0.1) is 5.41 Å². The number of nitrogens with zero attached hydrogens (tertiary/aromatic N) is 1. The molecule has 1 heteroatoms. The number of anilines is 3. The van der Waals surface area contributed by atoms with Crippen molar-refractivity contribution < 1.29 is 0 Å². The van der Waals surface area contributed by atoms with Gasteiger partial charge in [-0.3, -0.25) is 0 Å². The van der Waals surface area contributed by atoms with Crippen LogP contribution in [0, 0.1) is 6.92 Å². The molecule has 0 unspecified atom stereocenters. The van der Waals surface area contributed by atoms with E-state index in [-0.39, 0.29) is 5.41 Å². The van der Waals surface area contributed by atoms with E-state index in [2.05, 4.69) is 208 Å². The van der Waals surface area contributed by atoms with Crippen LogP contribution in [-0.4, -0.2) is 0 Å². The third-order valence-electron chi connectivity index (χ3n) is 12.6. The van der Waals surface area contributed by atoms with Crippen LogP contribution < -0.4 is 4.90 Å². The van der Waals surface area contributed by atoms with Gasteiger partial charge < -0.3 is 4.90 Å². The Hall–Kier alpha value is -6.44. The fourth-order valence-electron chi connectivity index (χ4n) is 10.2. The van der Waals surface area contributed by atoms with Crippen LogP contribution in [-0.2, 0) is 10.8 Å². The van der Waals surface area contributed by atoms with E-state index in [4.69, 9.17) is 0 Å². The van der Waals surface area contributed by atoms with Crippen molar-refractivity contribution in [2.45, 2.75) is 31.6 Å². The molecule has 0 heterocycles. The first kappa shape index (κ1) is 31.1. The van der Waals surface area contributed by atoms with E-state index < -0.39 is 5.41 Å². The summed E-state index contributed by atoms with van der Waals surface area (Å²) >= 11 is 0. The highest BCUT2D eigenvalue weighted by Crippen LogP contribution is 2.63. The van der Waals surface area contributed by atoms with Crippen molar-refractivity contribution in [3.05, 3.63) is 221 Å². The molecule has 3 aliphatic rings. The molecule has 1 nitrogen and oxygen atoms in total. The van der Waals surface area contributed by atoms with Crippen LogP contribution in [0.2, 0.25) is 0 Å². The Morgan fingerprint density at radius 3 is 1.44 bits per heavy atom. The molecule has 8 aromatic carbocycles. The Morgan fingerprint density at radius 2 is 0.833 bits per heavy atom. The summed E-state index contributed by atoms with van der Waals surface area (Å²) in [4.78, 5) is 2.50. The largest absolute Gasteiger partial charge is 0.310 e. The molecule has 0 radical (unpaired) electrons. The van der Waals surface area contributed by atoms with Gasteiger partial charge >= 0.3 is 0 Å². The van der Waals surface area contributed by atoms with Gasteiger partial charge in [0.15, 0.2) is 0 Å². The molecule has 0 aliphatic heterocycles. The number of rotatable bonds is 4. The molecular formula is C53H39N. The molecule has 0 N–H and O–H groups in total. The average molecular weight is 690 g/mol. The van der Waals surface area contributed by atoms with Gasteiger partial charge in [-0.2, -0.15) is 0 Å². The molecule has 0 aromatic heterocycles. The van der Waals surface area contributed by atoms with E-state index in [0.717, 1.165) is 11.4 Å². The van der Waals surface area contributed by atoms with Gasteiger partial charge in [-0.15, -0.1) is 0 Å². The lowest BCUT2D eigenvalue weighted by Gasteiger charge is -2.33. The predicted molar refractivity (Wildman–Crippen MR) is 225 cm³/mol. The fraction of sp³-hybridized carbons (Fsp3) is 0.0943. The van der Waals surface area contributed by atoms with Crippen molar-refractivity contribution in [2.24, 2.45) is 0 Å². The summed E-state index contributed by atoms with van der Waals surface area (Å²) in [6.45, 7) is 6.97. The van der Waals surface area contributed by atoms with Gasteiger partial charge in [0.1, 0.15) is 0 Å². The van der Waals surface area contributed by atoms with Crippen molar-refractivity contribution in [2.75, 3.05) is 4.90 Å². The standard InChI is InChI=1S/C53H39N/c1-34-31-36(35-15-5-4-6-16-35)25-30-51(34)54(37-27-29-46-44(32-37)42-20-7-11-21-45(42)52(46,2)3)38-26-28-43-41-19-10-14-24-49(41)53(50(43)33-38)47-22-12-8-17-39(47)40-18-9-13-23-48(40)53/h4-33H,1-3H3. The minimum absolute atomic E-state index is 0.0580. The highest BCUT2D eigenvalue weighted by Gasteiger charge is 2.51. The van der Waals surface area contributed by atoms with Crippen LogP contribution in [0.5, 0.6) is 0 Å². The summed E-state index contributed by atoms with van der Waals surface area (Å²) in [5, 5.41) is 0. The van der Waals surface area contributed by atoms with Crippen molar-refractivity contribution in [3.8, 4) is 44.5 Å². The van der Waals surface area contributed by atoms with Gasteiger partial charge in [-0.25, -0.2) is 0 Å². The normalized spacial score (nSPS) is 14.5. The maximum Gasteiger partial charge on any atom is 0.0726 e. The molecule has 0 atom stereocenters. The van der Waals surface area contributed by atoms with Crippen LogP contribution in [0.4, 0.5) is 17.1 Å². The van der Waals surface area contributed by atoms with Gasteiger partial charge in [-0.05, 0) is 127 Å². The number of hydrogen-bond donors (Lipinski definition) is 0. The average Bonchev–Trinajstić information content (AvgIpc) is 3.77. The molecule has 0 saturated carbocycles. The van der Waals surface area contributed by atoms with Crippen molar-refractivity contribution in [3.63, 3.8) is 0 Å². The number of fused-ring (bicyclic) bond motifs is 13. The van der Waals surface area contributed by atoms with Crippen molar-refractivity contribution >= 4 is 17.1 Å². The van der Waals surface area contributed by atoms with Crippen LogP contribution >= 0.6 is 0 Å². The van der Waals surface area contributed by atoms with Gasteiger partial charge in [0, 0.05) is 22.5 Å². The summed E-state index contributed by atoms with van der Waals surface area (Å²) < 4.78 is 0. The summed E-state index contributed by atoms with van der Waals surface area (Å²) in [6, 6.07) is 68.2. The Morgan fingerprint density at radius 1 is 0.352 bits per heavy atom. The second-order valence-electron chi connectivity index (χ2n) is 15.7. The Bertz CT molecular complexity index is 2760. The number of benzene rings is 8. The van der Waals surface area contributed by atoms with Crippen molar-refractivity contribution in [1.82, 2.24) is 0 Å². The number of aryl methyl sites for hydroxylation is 1. The minimum atomic E-state index is -0.409. The van der Waals surface area contributed by atoms with Crippen LogP contribution in [0.3, 0.4) is 0 Å². The van der Waals surface area contributed by atoms with Gasteiger partial charge in [0.2, 0.25) is 0 Å². The molecule has 1 spiro atoms. The lowest BCUT2D eigenvalue weighted by Crippen LogP contribution is -2.26. The third-order valence-corrected chi connectivity index (χ3v) is 12.6. The number of hydrogen-bond acceptors (Lipinski definition) is 1. The summed E-state index contributed by atoms with van der Waals surface area (Å²) in [7, 11) is 0. The zero-order chi connectivity index (χ0) is 36.2. The quantitative estimate of drug-likeness (QED) is 0.178. The van der Waals surface area contributed by atoms with Crippen LogP contribution in [0.1, 0.15) is 52.8 Å². The second-order valence-corrected chi connectivity index (χ2v) is 15.7. The minimum Gasteiger partial charge on any atom is -0.310 e. The van der Waals surface area contributed by atoms with E-state index in [1.165, 1.54) is 89.1 Å². The zero-order valence-electron chi connectivity index (χ0n) is 30.8. The SMILES string of the molecule is Cc1cc(-c2ccccc2)ccc1N(c1ccc2c(c1)-c1ccccc1C2(C)C)c1ccc2c(c1)C1(c3ccccc3-c3ccccc31)c1ccccc1-2. The molecule has 0 bridgehead atoms. The van der Waals surface area contributed by atoms with E-state index in [9.17, 15) is 0 Å². The van der Waals surface area contributed by atoms with Crippen molar-refractivity contribution in [1.29, 1.82) is 0 Å². The fourth-order valence-corrected chi connectivity index (χ4v) is 10.2. The first-order valence-electron chi connectivity index (χ1n) is 19.1. The molecule has 256 valence electrons. The molecule has 0 saturated heterocycles. The predicted octanol–water partition coefficient (Wildman–Crippen LogP) is 13.8. The smallest absolute Gasteiger partial charge is 0.0726 e. The van der Waals surface area contributed by atoms with Crippen LogP contribution in [0.15, 0.2) is 182 Å². The molecule has 0 fully saturated rings. The van der Waals surface area contributed by atoms with E-state index in [1.807, 2.05) is 0 Å². The summed E-state index contributed by atoms with van der Waals surface area (Å²) in [6.07, 6.45) is 0. The first-order valence-corrected chi connectivity index (χ1v) is 19.1. The van der Waals surface area contributed by atoms with E-state index in [0.29, 0.717) is 0 Å². The lowest BCUT2D eigenvalue weighted by molar-refractivity contribution is 0.660. The Balaban J connectivity index is 1.17. The van der Waals surface area contributed by atoms with Gasteiger partial charge in [-0.1, -0.05) is 159 Å². The maximum atomic E-state index is 2.50. The molecule has 0 amide bonds. The van der Waals surface area contributed by atoms with E-state index >= 15 is 0 Å². The third kappa shape index (κ3) is 4.10. The maximum absolute atomic E-state index is 2.50. The zero-order valence-corrected chi connectivity index (χ0v) is 30.8. The molecule has 54 heavy (non-hydrogen) atoms. The second kappa shape index (κ2) is 11.3. The summed E-state index contributed by atoms with van der Waals surface area (Å²) in [5.74, 6) is 0. The topological polar surface area (TPSA) is 3.24 Å². The molecule has 11 rings (SSSR count). The highest BCUT2D eigenvalue weighted by atomic mass is 15.1. The Kier molecular flexibility index (Phi) is 6.50. The Labute approximate surface area is 317 Å². The highest BCUT2D eigenvalue weighted by molar-refractivity contribution is 5.97. The molecular weight excluding hydrogens is 651 g/mol.